The van der Waals surface area contributed by atoms with Crippen LogP contribution in [0.1, 0.15) is 48.5 Å². The van der Waals surface area contributed by atoms with E-state index in [0.717, 1.165) is 57.4 Å². The molecule has 0 saturated carbocycles. The van der Waals surface area contributed by atoms with Crippen LogP contribution in [-0.4, -0.2) is 65.2 Å². The molecule has 3 aromatic rings. The smallest absolute Gasteiger partial charge is 0.257 e. The second kappa shape index (κ2) is 15.7. The third-order valence-electron chi connectivity index (χ3n) is 7.92. The summed E-state index contributed by atoms with van der Waals surface area (Å²) in [6.45, 7) is 5.52. The minimum atomic E-state index is -0.246. The molecule has 2 aliphatic heterocycles. The van der Waals surface area contributed by atoms with E-state index in [1.54, 1.807) is 41.4 Å². The van der Waals surface area contributed by atoms with Crippen LogP contribution in [0.25, 0.3) is 0 Å². The molecule has 3 amide bonds. The Morgan fingerprint density at radius 1 is 0.976 bits per heavy atom. The Bertz CT molecular complexity index is 1350. The van der Waals surface area contributed by atoms with E-state index in [-0.39, 0.29) is 49.1 Å². The molecule has 5 rings (SSSR count). The lowest BCUT2D eigenvalue weighted by molar-refractivity contribution is -0.130. The maximum atomic E-state index is 13.7. The van der Waals surface area contributed by atoms with E-state index in [0.29, 0.717) is 35.1 Å². The van der Waals surface area contributed by atoms with E-state index in [9.17, 15) is 14.4 Å². The Kier molecular flexibility index (Phi) is 12.3. The van der Waals surface area contributed by atoms with E-state index in [1.807, 2.05) is 48.2 Å². The second-order valence-electron chi connectivity index (χ2n) is 10.6. The Hall–Kier alpha value is -3.46. The number of carbonyl (C=O) groups is 3. The number of hydrogen-bond donors (Lipinski definition) is 1. The first kappa shape index (κ1) is 33.0. The van der Waals surface area contributed by atoms with Gasteiger partial charge in [0.25, 0.3) is 5.91 Å². The van der Waals surface area contributed by atoms with Gasteiger partial charge in [0.15, 0.2) is 5.82 Å². The lowest BCUT2D eigenvalue weighted by Gasteiger charge is -2.33. The van der Waals surface area contributed by atoms with E-state index in [2.05, 4.69) is 15.2 Å². The summed E-state index contributed by atoms with van der Waals surface area (Å²) in [5.41, 5.74) is 2.59. The zero-order valence-electron chi connectivity index (χ0n) is 23.9. The highest BCUT2D eigenvalue weighted by Gasteiger charge is 2.31. The van der Waals surface area contributed by atoms with Crippen LogP contribution in [-0.2, 0) is 16.0 Å². The van der Waals surface area contributed by atoms with Crippen LogP contribution in [0.5, 0.6) is 0 Å². The minimum absolute atomic E-state index is 0. The summed E-state index contributed by atoms with van der Waals surface area (Å²) in [6, 6.07) is 20.6. The number of likely N-dealkylation sites (tertiary alicyclic amines) is 1. The first-order chi connectivity index (χ1) is 19.5. The van der Waals surface area contributed by atoms with Gasteiger partial charge in [-0.15, -0.1) is 24.8 Å². The fraction of sp³-hybridized carbons (Fsp3) is 0.375. The summed E-state index contributed by atoms with van der Waals surface area (Å²) >= 11 is 0. The zero-order chi connectivity index (χ0) is 27.9. The van der Waals surface area contributed by atoms with Crippen molar-refractivity contribution in [2.75, 3.05) is 42.9 Å². The molecule has 1 N–H and O–H groups in total. The van der Waals surface area contributed by atoms with Gasteiger partial charge < -0.3 is 10.2 Å². The van der Waals surface area contributed by atoms with Crippen LogP contribution in [0.3, 0.4) is 0 Å². The first-order valence-corrected chi connectivity index (χ1v) is 14.3. The molecule has 2 aromatic carbocycles. The number of rotatable bonds is 9. The molecule has 2 aliphatic rings. The molecule has 0 atom stereocenters. The predicted molar refractivity (Wildman–Crippen MR) is 171 cm³/mol. The SMILES string of the molecule is CCN(CCCC1CCN(CC(=O)N2c3ccccc3C(=O)Nc3cccnc32)CC1)C(=O)Cc1ccccc1.Cl.Cl. The molecule has 1 aromatic heterocycles. The number of pyridine rings is 1. The zero-order valence-corrected chi connectivity index (χ0v) is 25.5. The van der Waals surface area contributed by atoms with Gasteiger partial charge in [-0.3, -0.25) is 24.2 Å². The summed E-state index contributed by atoms with van der Waals surface area (Å²) in [6.07, 6.45) is 6.23. The van der Waals surface area contributed by atoms with Crippen molar-refractivity contribution in [1.29, 1.82) is 0 Å². The van der Waals surface area contributed by atoms with E-state index >= 15 is 0 Å². The number of carbonyl (C=O) groups excluding carboxylic acids is 3. The predicted octanol–water partition coefficient (Wildman–Crippen LogP) is 5.74. The summed E-state index contributed by atoms with van der Waals surface area (Å²) in [5.74, 6) is 0.882. The van der Waals surface area contributed by atoms with Crippen LogP contribution < -0.4 is 10.2 Å². The van der Waals surface area contributed by atoms with Gasteiger partial charge in [0.2, 0.25) is 11.8 Å². The number of fused-ring (bicyclic) bond motifs is 2. The average Bonchev–Trinajstić information content (AvgIpc) is 3.10. The number of aromatic nitrogens is 1. The van der Waals surface area contributed by atoms with Crippen molar-refractivity contribution in [3.8, 4) is 0 Å². The molecule has 224 valence electrons. The van der Waals surface area contributed by atoms with E-state index < -0.39 is 0 Å². The normalized spacial score (nSPS) is 14.8. The number of nitrogens with zero attached hydrogens (tertiary/aromatic N) is 4. The molecule has 10 heteroatoms. The fourth-order valence-corrected chi connectivity index (χ4v) is 5.70. The van der Waals surface area contributed by atoms with Crippen molar-refractivity contribution in [3.05, 3.63) is 84.1 Å². The van der Waals surface area contributed by atoms with Crippen molar-refractivity contribution < 1.29 is 14.4 Å². The number of likely N-dealkylation sites (N-methyl/N-ethyl adjacent to an activating group) is 1. The minimum Gasteiger partial charge on any atom is -0.343 e. The molecule has 3 heterocycles. The van der Waals surface area contributed by atoms with Crippen molar-refractivity contribution in [2.24, 2.45) is 5.92 Å². The number of amides is 3. The van der Waals surface area contributed by atoms with Gasteiger partial charge in [0, 0.05) is 19.3 Å². The third-order valence-corrected chi connectivity index (χ3v) is 7.92. The molecule has 1 saturated heterocycles. The van der Waals surface area contributed by atoms with Gasteiger partial charge in [-0.2, -0.15) is 0 Å². The Balaban J connectivity index is 0.00000242. The number of halogens is 2. The quantitative estimate of drug-likeness (QED) is 0.333. The van der Waals surface area contributed by atoms with Crippen LogP contribution in [0.15, 0.2) is 72.9 Å². The van der Waals surface area contributed by atoms with Gasteiger partial charge in [0.1, 0.15) is 0 Å². The standard InChI is InChI=1S/C32H37N5O3.2ClH/c1-2-36(29(38)22-25-10-4-3-5-11-25)19-9-12-24-16-20-35(21-17-24)23-30(39)37-28-15-7-6-13-26(28)32(40)34-27-14-8-18-33-31(27)37;;/h3-8,10-11,13-15,18,24H,2,9,12,16-17,19-23H2,1H3,(H,34,40);2*1H. The first-order valence-electron chi connectivity index (χ1n) is 14.3. The molecule has 0 unspecified atom stereocenters. The van der Waals surface area contributed by atoms with Crippen molar-refractivity contribution in [1.82, 2.24) is 14.8 Å². The topological polar surface area (TPSA) is 85.8 Å². The molecule has 42 heavy (non-hydrogen) atoms. The van der Waals surface area contributed by atoms with Crippen LogP contribution >= 0.6 is 24.8 Å². The van der Waals surface area contributed by atoms with Gasteiger partial charge in [-0.05, 0) is 81.4 Å². The van der Waals surface area contributed by atoms with Crippen molar-refractivity contribution in [3.63, 3.8) is 0 Å². The molecular weight excluding hydrogens is 573 g/mol. The summed E-state index contributed by atoms with van der Waals surface area (Å²) < 4.78 is 0. The summed E-state index contributed by atoms with van der Waals surface area (Å²) in [4.78, 5) is 49.5. The molecular formula is C32H39Cl2N5O3. The van der Waals surface area contributed by atoms with Gasteiger partial charge in [-0.25, -0.2) is 4.98 Å². The van der Waals surface area contributed by atoms with Crippen LogP contribution in [0.2, 0.25) is 0 Å². The Morgan fingerprint density at radius 2 is 1.69 bits per heavy atom. The number of benzene rings is 2. The monoisotopic (exact) mass is 611 g/mol. The lowest BCUT2D eigenvalue weighted by Crippen LogP contribution is -2.42. The highest BCUT2D eigenvalue weighted by molar-refractivity contribution is 6.17. The molecule has 8 nitrogen and oxygen atoms in total. The summed E-state index contributed by atoms with van der Waals surface area (Å²) in [7, 11) is 0. The van der Waals surface area contributed by atoms with E-state index in [1.165, 1.54) is 0 Å². The fourth-order valence-electron chi connectivity index (χ4n) is 5.70. The second-order valence-corrected chi connectivity index (χ2v) is 10.6. The lowest BCUT2D eigenvalue weighted by atomic mass is 9.92. The van der Waals surface area contributed by atoms with Crippen molar-refractivity contribution >= 4 is 59.7 Å². The maximum Gasteiger partial charge on any atom is 0.257 e. The molecule has 1 fully saturated rings. The highest BCUT2D eigenvalue weighted by Crippen LogP contribution is 2.36. The van der Waals surface area contributed by atoms with Crippen LogP contribution in [0.4, 0.5) is 17.2 Å². The Labute approximate surface area is 260 Å². The molecule has 0 aliphatic carbocycles. The van der Waals surface area contributed by atoms with Gasteiger partial charge >= 0.3 is 0 Å². The number of hydrogen-bond acceptors (Lipinski definition) is 5. The highest BCUT2D eigenvalue weighted by atomic mass is 35.5. The van der Waals surface area contributed by atoms with Crippen molar-refractivity contribution in [2.45, 2.75) is 39.0 Å². The van der Waals surface area contributed by atoms with E-state index in [4.69, 9.17) is 0 Å². The van der Waals surface area contributed by atoms with Crippen LogP contribution in [0, 0.1) is 5.92 Å². The number of piperidine rings is 1. The number of anilines is 3. The maximum absolute atomic E-state index is 13.7. The van der Waals surface area contributed by atoms with Gasteiger partial charge in [-0.1, -0.05) is 42.5 Å². The molecule has 0 spiro atoms. The Morgan fingerprint density at radius 3 is 2.43 bits per heavy atom. The number of para-hydroxylation sites is 1. The molecule has 0 radical (unpaired) electrons. The average molecular weight is 613 g/mol. The number of nitrogens with one attached hydrogen (secondary N) is 1. The third kappa shape index (κ3) is 7.88. The van der Waals surface area contributed by atoms with Gasteiger partial charge in [0.05, 0.1) is 29.9 Å². The molecule has 0 bridgehead atoms. The largest absolute Gasteiger partial charge is 0.343 e. The summed E-state index contributed by atoms with van der Waals surface area (Å²) in [5, 5.41) is 2.89.